The van der Waals surface area contributed by atoms with Gasteiger partial charge in [-0.15, -0.1) is 0 Å². The number of carbonyl (C=O) groups is 1. The van der Waals surface area contributed by atoms with Crippen molar-refractivity contribution in [1.82, 2.24) is 5.32 Å². The van der Waals surface area contributed by atoms with Gasteiger partial charge in [0.25, 0.3) is 0 Å². The summed E-state index contributed by atoms with van der Waals surface area (Å²) in [7, 11) is 0. The molecule has 2 rings (SSSR count). The number of benzene rings is 1. The number of urea groups is 1. The largest absolute Gasteiger partial charge is 0.381 e. The third-order valence-corrected chi connectivity index (χ3v) is 3.31. The Bertz CT molecular complexity index is 411. The zero-order valence-corrected chi connectivity index (χ0v) is 11.9. The van der Waals surface area contributed by atoms with Crippen molar-refractivity contribution < 1.29 is 9.53 Å². The van der Waals surface area contributed by atoms with Gasteiger partial charge in [0.15, 0.2) is 0 Å². The van der Waals surface area contributed by atoms with Crippen LogP contribution in [0.4, 0.5) is 10.5 Å². The lowest BCUT2D eigenvalue weighted by atomic mass is 10.1. The number of hydrogen-bond donors (Lipinski definition) is 2. The third kappa shape index (κ3) is 3.99. The first-order valence-electron chi connectivity index (χ1n) is 6.06. The van der Waals surface area contributed by atoms with Crippen LogP contribution >= 0.6 is 15.9 Å². The van der Waals surface area contributed by atoms with Gasteiger partial charge in [-0.2, -0.15) is 0 Å². The highest BCUT2D eigenvalue weighted by Gasteiger charge is 2.15. The molecule has 4 nitrogen and oxygen atoms in total. The molecule has 2 amide bonds. The van der Waals surface area contributed by atoms with Gasteiger partial charge in [0.2, 0.25) is 0 Å². The summed E-state index contributed by atoms with van der Waals surface area (Å²) in [6.45, 7) is 3.44. The van der Waals surface area contributed by atoms with Crippen molar-refractivity contribution in [3.05, 3.63) is 28.2 Å². The van der Waals surface area contributed by atoms with Gasteiger partial charge in [-0.05, 0) is 43.5 Å². The molecule has 0 aromatic heterocycles. The van der Waals surface area contributed by atoms with Crippen molar-refractivity contribution in [2.45, 2.75) is 25.8 Å². The molecule has 1 fully saturated rings. The van der Waals surface area contributed by atoms with E-state index in [0.717, 1.165) is 41.8 Å². The molecule has 0 spiro atoms. The molecule has 98 valence electrons. The first-order valence-corrected chi connectivity index (χ1v) is 6.85. The van der Waals surface area contributed by atoms with Gasteiger partial charge in [-0.25, -0.2) is 4.79 Å². The molecule has 1 aromatic carbocycles. The molecular formula is C13H17BrN2O2. The second-order valence-electron chi connectivity index (χ2n) is 4.50. The Kier molecular flexibility index (Phi) is 4.60. The standard InChI is InChI=1S/C13H17BrN2O2/c1-9-6-10(14)8-12(7-9)16-13(17)15-11-2-4-18-5-3-11/h6-8,11H,2-5H2,1H3,(H2,15,16,17). The van der Waals surface area contributed by atoms with Gasteiger partial charge in [-0.3, -0.25) is 0 Å². The Morgan fingerprint density at radius 3 is 2.72 bits per heavy atom. The maximum absolute atomic E-state index is 11.8. The Morgan fingerprint density at radius 1 is 1.33 bits per heavy atom. The van der Waals surface area contributed by atoms with Crippen LogP contribution in [0.2, 0.25) is 0 Å². The predicted octanol–water partition coefficient (Wildman–Crippen LogP) is 3.06. The first kappa shape index (κ1) is 13.4. The number of aryl methyl sites for hydroxylation is 1. The summed E-state index contributed by atoms with van der Waals surface area (Å²) in [5.41, 5.74) is 1.90. The lowest BCUT2D eigenvalue weighted by molar-refractivity contribution is 0.0806. The van der Waals surface area contributed by atoms with Gasteiger partial charge in [0, 0.05) is 29.4 Å². The van der Waals surface area contributed by atoms with Gasteiger partial charge in [0.1, 0.15) is 0 Å². The summed E-state index contributed by atoms with van der Waals surface area (Å²) in [5.74, 6) is 0. The molecule has 18 heavy (non-hydrogen) atoms. The summed E-state index contributed by atoms with van der Waals surface area (Å²) in [4.78, 5) is 11.8. The summed E-state index contributed by atoms with van der Waals surface area (Å²) >= 11 is 3.41. The van der Waals surface area contributed by atoms with E-state index in [1.54, 1.807) is 0 Å². The van der Waals surface area contributed by atoms with E-state index in [2.05, 4.69) is 26.6 Å². The molecule has 0 atom stereocenters. The van der Waals surface area contributed by atoms with E-state index in [-0.39, 0.29) is 12.1 Å². The lowest BCUT2D eigenvalue weighted by Crippen LogP contribution is -2.41. The number of carbonyl (C=O) groups excluding carboxylic acids is 1. The molecule has 1 saturated heterocycles. The first-order chi connectivity index (χ1) is 8.63. The molecule has 0 bridgehead atoms. The zero-order chi connectivity index (χ0) is 13.0. The topological polar surface area (TPSA) is 50.4 Å². The van der Waals surface area contributed by atoms with Crippen LogP contribution in [0.1, 0.15) is 18.4 Å². The van der Waals surface area contributed by atoms with E-state index in [1.807, 2.05) is 25.1 Å². The Labute approximate surface area is 115 Å². The Morgan fingerprint density at radius 2 is 2.06 bits per heavy atom. The minimum atomic E-state index is -0.153. The fourth-order valence-corrected chi connectivity index (χ4v) is 2.61. The van der Waals surface area contributed by atoms with Crippen LogP contribution in [-0.4, -0.2) is 25.3 Å². The van der Waals surface area contributed by atoms with Crippen molar-refractivity contribution in [2.75, 3.05) is 18.5 Å². The number of hydrogen-bond acceptors (Lipinski definition) is 2. The van der Waals surface area contributed by atoms with Gasteiger partial charge < -0.3 is 15.4 Å². The van der Waals surface area contributed by atoms with Gasteiger partial charge in [-0.1, -0.05) is 15.9 Å². The van der Waals surface area contributed by atoms with Crippen molar-refractivity contribution in [1.29, 1.82) is 0 Å². The number of anilines is 1. The molecule has 1 aliphatic rings. The number of halogens is 1. The van der Waals surface area contributed by atoms with E-state index < -0.39 is 0 Å². The highest BCUT2D eigenvalue weighted by atomic mass is 79.9. The van der Waals surface area contributed by atoms with E-state index in [0.29, 0.717) is 0 Å². The Balaban J connectivity index is 1.89. The average Bonchev–Trinajstić information content (AvgIpc) is 2.28. The molecule has 0 radical (unpaired) electrons. The summed E-state index contributed by atoms with van der Waals surface area (Å²) in [6, 6.07) is 5.89. The highest BCUT2D eigenvalue weighted by molar-refractivity contribution is 9.10. The van der Waals surface area contributed by atoms with Crippen LogP contribution in [0.25, 0.3) is 0 Å². The van der Waals surface area contributed by atoms with Crippen LogP contribution in [0, 0.1) is 6.92 Å². The summed E-state index contributed by atoms with van der Waals surface area (Å²) in [5, 5.41) is 5.81. The van der Waals surface area contributed by atoms with Crippen molar-refractivity contribution in [3.8, 4) is 0 Å². The Hall–Kier alpha value is -1.07. The molecule has 0 saturated carbocycles. The minimum Gasteiger partial charge on any atom is -0.381 e. The molecule has 5 heteroatoms. The predicted molar refractivity (Wildman–Crippen MR) is 74.9 cm³/mol. The lowest BCUT2D eigenvalue weighted by Gasteiger charge is -2.23. The second-order valence-corrected chi connectivity index (χ2v) is 5.42. The number of nitrogens with one attached hydrogen (secondary N) is 2. The van der Waals surface area contributed by atoms with Crippen LogP contribution < -0.4 is 10.6 Å². The smallest absolute Gasteiger partial charge is 0.319 e. The van der Waals surface area contributed by atoms with Gasteiger partial charge in [0.05, 0.1) is 0 Å². The number of amides is 2. The van der Waals surface area contributed by atoms with Crippen LogP contribution in [0.15, 0.2) is 22.7 Å². The molecule has 1 aromatic rings. The van der Waals surface area contributed by atoms with Crippen LogP contribution in [-0.2, 0) is 4.74 Å². The highest BCUT2D eigenvalue weighted by Crippen LogP contribution is 2.19. The number of rotatable bonds is 2. The minimum absolute atomic E-state index is 0.153. The molecule has 0 aliphatic carbocycles. The van der Waals surface area contributed by atoms with Crippen molar-refractivity contribution in [2.24, 2.45) is 0 Å². The van der Waals surface area contributed by atoms with Crippen LogP contribution in [0.3, 0.4) is 0 Å². The zero-order valence-electron chi connectivity index (χ0n) is 10.3. The van der Waals surface area contributed by atoms with Crippen molar-refractivity contribution in [3.63, 3.8) is 0 Å². The van der Waals surface area contributed by atoms with E-state index in [9.17, 15) is 4.79 Å². The van der Waals surface area contributed by atoms with Gasteiger partial charge >= 0.3 is 6.03 Å². The summed E-state index contributed by atoms with van der Waals surface area (Å²) in [6.07, 6.45) is 1.76. The normalized spacial score (nSPS) is 16.3. The molecular weight excluding hydrogens is 296 g/mol. The molecule has 1 aliphatic heterocycles. The average molecular weight is 313 g/mol. The number of ether oxygens (including phenoxy) is 1. The maximum Gasteiger partial charge on any atom is 0.319 e. The van der Waals surface area contributed by atoms with Crippen LogP contribution in [0.5, 0.6) is 0 Å². The third-order valence-electron chi connectivity index (χ3n) is 2.86. The fourth-order valence-electron chi connectivity index (χ4n) is 2.00. The van der Waals surface area contributed by atoms with E-state index in [1.165, 1.54) is 0 Å². The maximum atomic E-state index is 11.8. The monoisotopic (exact) mass is 312 g/mol. The van der Waals surface area contributed by atoms with E-state index in [4.69, 9.17) is 4.74 Å². The van der Waals surface area contributed by atoms with Crippen molar-refractivity contribution >= 4 is 27.6 Å². The molecule has 1 heterocycles. The quantitative estimate of drug-likeness (QED) is 0.881. The molecule has 0 unspecified atom stereocenters. The second kappa shape index (κ2) is 6.20. The SMILES string of the molecule is Cc1cc(Br)cc(NC(=O)NC2CCOCC2)c1. The fraction of sp³-hybridized carbons (Fsp3) is 0.462. The molecule has 2 N–H and O–H groups in total. The van der Waals surface area contributed by atoms with E-state index >= 15 is 0 Å². The summed E-state index contributed by atoms with van der Waals surface area (Å²) < 4.78 is 6.22.